The summed E-state index contributed by atoms with van der Waals surface area (Å²) < 4.78 is 23.1. The van der Waals surface area contributed by atoms with Gasteiger partial charge in [0.15, 0.2) is 9.84 Å². The highest BCUT2D eigenvalue weighted by molar-refractivity contribution is 7.91. The van der Waals surface area contributed by atoms with E-state index in [9.17, 15) is 13.2 Å². The maximum atomic E-state index is 12.0. The number of hydrogen-bond donors (Lipinski definition) is 2. The van der Waals surface area contributed by atoms with Crippen molar-refractivity contribution in [3.63, 3.8) is 0 Å². The van der Waals surface area contributed by atoms with Crippen molar-refractivity contribution in [3.05, 3.63) is 34.9 Å². The molecule has 1 saturated heterocycles. The molecule has 0 aromatic heterocycles. The first-order valence-corrected chi connectivity index (χ1v) is 9.05. The zero-order valence-electron chi connectivity index (χ0n) is 11.8. The summed E-state index contributed by atoms with van der Waals surface area (Å²) in [6.45, 7) is 2.25. The standard InChI is InChI=1S/C14H19ClN2O3S/c1-10(12-4-2-3-5-13(12)15)17-14(18)8-11-9-21(19,20)7-6-16-11/h2-5,10-11,16H,6-9H2,1H3,(H,17,18). The van der Waals surface area contributed by atoms with Crippen molar-refractivity contribution in [2.45, 2.75) is 25.4 Å². The van der Waals surface area contributed by atoms with Crippen molar-refractivity contribution < 1.29 is 13.2 Å². The van der Waals surface area contributed by atoms with Gasteiger partial charge in [0, 0.05) is 24.0 Å². The van der Waals surface area contributed by atoms with Crippen LogP contribution in [0.2, 0.25) is 5.02 Å². The van der Waals surface area contributed by atoms with E-state index in [4.69, 9.17) is 11.6 Å². The first-order chi connectivity index (χ1) is 9.87. The molecule has 2 rings (SSSR count). The third kappa shape index (κ3) is 4.69. The topological polar surface area (TPSA) is 75.3 Å². The van der Waals surface area contributed by atoms with Crippen molar-refractivity contribution in [1.82, 2.24) is 10.6 Å². The lowest BCUT2D eigenvalue weighted by Crippen LogP contribution is -2.47. The van der Waals surface area contributed by atoms with Gasteiger partial charge in [-0.2, -0.15) is 0 Å². The van der Waals surface area contributed by atoms with Crippen molar-refractivity contribution >= 4 is 27.3 Å². The minimum atomic E-state index is -3.03. The molecule has 21 heavy (non-hydrogen) atoms. The van der Waals surface area contributed by atoms with Gasteiger partial charge in [-0.05, 0) is 18.6 Å². The van der Waals surface area contributed by atoms with Crippen LogP contribution in [0.1, 0.15) is 24.9 Å². The van der Waals surface area contributed by atoms with E-state index in [-0.39, 0.29) is 35.9 Å². The van der Waals surface area contributed by atoms with Gasteiger partial charge in [-0.1, -0.05) is 29.8 Å². The molecule has 1 aliphatic rings. The zero-order valence-corrected chi connectivity index (χ0v) is 13.4. The van der Waals surface area contributed by atoms with Gasteiger partial charge >= 0.3 is 0 Å². The lowest BCUT2D eigenvalue weighted by Gasteiger charge is -2.24. The number of hydrogen-bond acceptors (Lipinski definition) is 4. The number of carbonyl (C=O) groups is 1. The molecule has 2 atom stereocenters. The lowest BCUT2D eigenvalue weighted by molar-refractivity contribution is -0.122. The van der Waals surface area contributed by atoms with Crippen molar-refractivity contribution in [2.24, 2.45) is 0 Å². The molecule has 1 amide bonds. The van der Waals surface area contributed by atoms with Crippen molar-refractivity contribution in [3.8, 4) is 0 Å². The number of nitrogens with one attached hydrogen (secondary N) is 2. The van der Waals surface area contributed by atoms with Gasteiger partial charge in [0.2, 0.25) is 5.91 Å². The van der Waals surface area contributed by atoms with Gasteiger partial charge in [-0.25, -0.2) is 8.42 Å². The summed E-state index contributed by atoms with van der Waals surface area (Å²) in [5.41, 5.74) is 0.844. The fourth-order valence-corrected chi connectivity index (χ4v) is 4.17. The molecule has 7 heteroatoms. The zero-order chi connectivity index (χ0) is 15.5. The molecule has 1 fully saturated rings. The second kappa shape index (κ2) is 6.77. The van der Waals surface area contributed by atoms with Crippen LogP contribution in [0.3, 0.4) is 0 Å². The summed E-state index contributed by atoms with van der Waals surface area (Å²) in [6.07, 6.45) is 0.147. The number of benzene rings is 1. The number of sulfone groups is 1. The molecule has 1 aromatic rings. The molecule has 0 aliphatic carbocycles. The van der Waals surface area contributed by atoms with Gasteiger partial charge in [-0.3, -0.25) is 4.79 Å². The molecular formula is C14H19ClN2O3S. The minimum Gasteiger partial charge on any atom is -0.349 e. The fraction of sp³-hybridized carbons (Fsp3) is 0.500. The van der Waals surface area contributed by atoms with Crippen LogP contribution in [-0.2, 0) is 14.6 Å². The first-order valence-electron chi connectivity index (χ1n) is 6.85. The van der Waals surface area contributed by atoms with E-state index in [0.717, 1.165) is 5.56 Å². The third-order valence-corrected chi connectivity index (χ3v) is 5.56. The van der Waals surface area contributed by atoms with E-state index in [1.807, 2.05) is 25.1 Å². The van der Waals surface area contributed by atoms with Gasteiger partial charge in [0.1, 0.15) is 0 Å². The average Bonchev–Trinajstić information content (AvgIpc) is 2.37. The first kappa shape index (κ1) is 16.3. The summed E-state index contributed by atoms with van der Waals surface area (Å²) in [7, 11) is -3.03. The molecular weight excluding hydrogens is 312 g/mol. The molecule has 2 N–H and O–H groups in total. The largest absolute Gasteiger partial charge is 0.349 e. The van der Waals surface area contributed by atoms with Crippen LogP contribution in [0.4, 0.5) is 0 Å². The van der Waals surface area contributed by atoms with E-state index < -0.39 is 9.84 Å². The quantitative estimate of drug-likeness (QED) is 0.872. The predicted molar refractivity (Wildman–Crippen MR) is 83.1 cm³/mol. The third-order valence-electron chi connectivity index (χ3n) is 3.48. The van der Waals surface area contributed by atoms with Crippen LogP contribution in [0.25, 0.3) is 0 Å². The molecule has 0 bridgehead atoms. The SMILES string of the molecule is CC(NC(=O)CC1CS(=O)(=O)CCN1)c1ccccc1Cl. The van der Waals surface area contributed by atoms with E-state index >= 15 is 0 Å². The van der Waals surface area contributed by atoms with Crippen LogP contribution in [0.15, 0.2) is 24.3 Å². The molecule has 0 radical (unpaired) electrons. The lowest BCUT2D eigenvalue weighted by atomic mass is 10.1. The van der Waals surface area contributed by atoms with Crippen molar-refractivity contribution in [1.29, 1.82) is 0 Å². The van der Waals surface area contributed by atoms with E-state index in [2.05, 4.69) is 10.6 Å². The molecule has 5 nitrogen and oxygen atoms in total. The highest BCUT2D eigenvalue weighted by Crippen LogP contribution is 2.22. The number of carbonyl (C=O) groups excluding carboxylic acids is 1. The molecule has 0 spiro atoms. The van der Waals surface area contributed by atoms with Crippen LogP contribution >= 0.6 is 11.6 Å². The highest BCUT2D eigenvalue weighted by atomic mass is 35.5. The maximum absolute atomic E-state index is 12.0. The normalized spacial score (nSPS) is 22.5. The Morgan fingerprint density at radius 3 is 2.86 bits per heavy atom. The Balaban J connectivity index is 1.91. The molecule has 116 valence electrons. The van der Waals surface area contributed by atoms with Crippen LogP contribution < -0.4 is 10.6 Å². The molecule has 1 aromatic carbocycles. The minimum absolute atomic E-state index is 0.0148. The summed E-state index contributed by atoms with van der Waals surface area (Å²) in [6, 6.07) is 6.79. The van der Waals surface area contributed by atoms with E-state index in [1.54, 1.807) is 6.07 Å². The summed E-state index contributed by atoms with van der Waals surface area (Å²) >= 11 is 6.09. The predicted octanol–water partition coefficient (Wildman–Crippen LogP) is 1.29. The second-order valence-electron chi connectivity index (χ2n) is 5.28. The highest BCUT2D eigenvalue weighted by Gasteiger charge is 2.26. The Morgan fingerprint density at radius 2 is 2.19 bits per heavy atom. The van der Waals surface area contributed by atoms with Crippen LogP contribution in [0, 0.1) is 0 Å². The number of rotatable bonds is 4. The Labute approximate surface area is 130 Å². The summed E-state index contributed by atoms with van der Waals surface area (Å²) in [5.74, 6) is -0.0285. The monoisotopic (exact) mass is 330 g/mol. The van der Waals surface area contributed by atoms with Gasteiger partial charge in [0.25, 0.3) is 0 Å². The average molecular weight is 331 g/mol. The number of halogens is 1. The Kier molecular flexibility index (Phi) is 5.24. The van der Waals surface area contributed by atoms with Crippen LogP contribution in [0.5, 0.6) is 0 Å². The number of amides is 1. The molecule has 2 unspecified atom stereocenters. The molecule has 1 aliphatic heterocycles. The summed E-state index contributed by atoms with van der Waals surface area (Å²) in [4.78, 5) is 12.0. The van der Waals surface area contributed by atoms with E-state index in [0.29, 0.717) is 11.6 Å². The Hall–Kier alpha value is -1.11. The Bertz CT molecular complexity index is 618. The maximum Gasteiger partial charge on any atom is 0.222 e. The summed E-state index contributed by atoms with van der Waals surface area (Å²) in [5, 5.41) is 6.52. The van der Waals surface area contributed by atoms with Crippen molar-refractivity contribution in [2.75, 3.05) is 18.1 Å². The smallest absolute Gasteiger partial charge is 0.222 e. The second-order valence-corrected chi connectivity index (χ2v) is 7.92. The fourth-order valence-electron chi connectivity index (χ4n) is 2.43. The van der Waals surface area contributed by atoms with Gasteiger partial charge < -0.3 is 10.6 Å². The van der Waals surface area contributed by atoms with Gasteiger partial charge in [-0.15, -0.1) is 0 Å². The molecule has 1 heterocycles. The van der Waals surface area contributed by atoms with Crippen LogP contribution in [-0.4, -0.2) is 38.4 Å². The van der Waals surface area contributed by atoms with Gasteiger partial charge in [0.05, 0.1) is 17.5 Å². The van der Waals surface area contributed by atoms with E-state index in [1.165, 1.54) is 0 Å². The molecule has 0 saturated carbocycles. The Morgan fingerprint density at radius 1 is 1.48 bits per heavy atom.